The van der Waals surface area contributed by atoms with Crippen LogP contribution in [-0.2, 0) is 0 Å². The number of nitriles is 1. The number of para-hydroxylation sites is 1. The maximum absolute atomic E-state index is 9.13. The van der Waals surface area contributed by atoms with Gasteiger partial charge in [0.2, 0.25) is 0 Å². The first-order chi connectivity index (χ1) is 9.78. The molecule has 0 atom stereocenters. The molecule has 4 heteroatoms. The van der Waals surface area contributed by atoms with Crippen molar-refractivity contribution in [3.05, 3.63) is 60.3 Å². The van der Waals surface area contributed by atoms with Gasteiger partial charge in [0.15, 0.2) is 0 Å². The molecule has 1 heterocycles. The van der Waals surface area contributed by atoms with Crippen molar-refractivity contribution >= 4 is 28.0 Å². The van der Waals surface area contributed by atoms with Crippen molar-refractivity contribution in [2.45, 2.75) is 0 Å². The second-order valence-corrected chi connectivity index (χ2v) is 4.42. The van der Waals surface area contributed by atoms with Gasteiger partial charge in [-0.3, -0.25) is 4.98 Å². The number of hydrogen-bond acceptors (Lipinski definition) is 4. The SMILES string of the molecule is N#Cc1ccccc1Nc1ccnc2cc(N)ccc12. The summed E-state index contributed by atoms with van der Waals surface area (Å²) in [6.07, 6.45) is 1.72. The van der Waals surface area contributed by atoms with E-state index in [1.165, 1.54) is 0 Å². The minimum Gasteiger partial charge on any atom is -0.399 e. The molecule has 0 bridgehead atoms. The van der Waals surface area contributed by atoms with Crippen LogP contribution in [0.4, 0.5) is 17.1 Å². The molecule has 0 fully saturated rings. The van der Waals surface area contributed by atoms with E-state index in [2.05, 4.69) is 16.4 Å². The van der Waals surface area contributed by atoms with E-state index in [0.29, 0.717) is 11.3 Å². The van der Waals surface area contributed by atoms with Gasteiger partial charge in [-0.1, -0.05) is 12.1 Å². The number of aromatic nitrogens is 1. The molecule has 3 N–H and O–H groups in total. The zero-order valence-corrected chi connectivity index (χ0v) is 10.7. The van der Waals surface area contributed by atoms with Gasteiger partial charge in [0, 0.05) is 23.0 Å². The number of nitrogens with one attached hydrogen (secondary N) is 1. The van der Waals surface area contributed by atoms with Gasteiger partial charge in [-0.15, -0.1) is 0 Å². The fourth-order valence-corrected chi connectivity index (χ4v) is 2.11. The summed E-state index contributed by atoms with van der Waals surface area (Å²) in [6, 6.07) is 17.0. The predicted molar refractivity (Wildman–Crippen MR) is 80.6 cm³/mol. The third-order valence-corrected chi connectivity index (χ3v) is 3.08. The zero-order chi connectivity index (χ0) is 13.9. The molecule has 96 valence electrons. The van der Waals surface area contributed by atoms with E-state index >= 15 is 0 Å². The van der Waals surface area contributed by atoms with Crippen LogP contribution < -0.4 is 11.1 Å². The highest BCUT2D eigenvalue weighted by molar-refractivity contribution is 5.94. The van der Waals surface area contributed by atoms with Gasteiger partial charge in [0.1, 0.15) is 6.07 Å². The van der Waals surface area contributed by atoms with Crippen molar-refractivity contribution < 1.29 is 0 Å². The van der Waals surface area contributed by atoms with E-state index in [9.17, 15) is 0 Å². The normalized spacial score (nSPS) is 10.2. The maximum atomic E-state index is 9.13. The average Bonchev–Trinajstić information content (AvgIpc) is 2.47. The summed E-state index contributed by atoms with van der Waals surface area (Å²) >= 11 is 0. The van der Waals surface area contributed by atoms with Crippen LogP contribution in [0, 0.1) is 11.3 Å². The summed E-state index contributed by atoms with van der Waals surface area (Å²) in [6.45, 7) is 0. The van der Waals surface area contributed by atoms with Gasteiger partial charge in [0.25, 0.3) is 0 Å². The maximum Gasteiger partial charge on any atom is 0.101 e. The summed E-state index contributed by atoms with van der Waals surface area (Å²) < 4.78 is 0. The third-order valence-electron chi connectivity index (χ3n) is 3.08. The van der Waals surface area contributed by atoms with Crippen LogP contribution in [0.5, 0.6) is 0 Å². The summed E-state index contributed by atoms with van der Waals surface area (Å²) in [5.41, 5.74) is 9.55. The molecule has 0 spiro atoms. The number of nitrogens with zero attached hydrogens (tertiary/aromatic N) is 2. The minimum atomic E-state index is 0.605. The van der Waals surface area contributed by atoms with E-state index < -0.39 is 0 Å². The molecular weight excluding hydrogens is 248 g/mol. The van der Waals surface area contributed by atoms with Crippen LogP contribution in [0.25, 0.3) is 10.9 Å². The van der Waals surface area contributed by atoms with Crippen LogP contribution in [-0.4, -0.2) is 4.98 Å². The van der Waals surface area contributed by atoms with Gasteiger partial charge in [-0.2, -0.15) is 5.26 Å². The lowest BCUT2D eigenvalue weighted by Crippen LogP contribution is -1.95. The molecule has 20 heavy (non-hydrogen) atoms. The number of fused-ring (bicyclic) bond motifs is 1. The standard InChI is InChI=1S/C16H12N4/c17-10-11-3-1-2-4-14(11)20-15-7-8-19-16-9-12(18)5-6-13(15)16/h1-9H,18H2,(H,19,20). The second-order valence-electron chi connectivity index (χ2n) is 4.42. The number of nitrogen functional groups attached to an aromatic ring is 1. The largest absolute Gasteiger partial charge is 0.399 e. The van der Waals surface area contributed by atoms with E-state index in [-0.39, 0.29) is 0 Å². The van der Waals surface area contributed by atoms with Crippen molar-refractivity contribution in [3.8, 4) is 6.07 Å². The summed E-state index contributed by atoms with van der Waals surface area (Å²) in [5.74, 6) is 0. The van der Waals surface area contributed by atoms with Gasteiger partial charge in [-0.25, -0.2) is 0 Å². The monoisotopic (exact) mass is 260 g/mol. The summed E-state index contributed by atoms with van der Waals surface area (Å²) in [5, 5.41) is 13.4. The van der Waals surface area contributed by atoms with Crippen LogP contribution in [0.2, 0.25) is 0 Å². The predicted octanol–water partition coefficient (Wildman–Crippen LogP) is 3.43. The number of rotatable bonds is 2. The number of nitrogens with two attached hydrogens (primary N) is 1. The molecular formula is C16H12N4. The number of pyridine rings is 1. The molecule has 3 rings (SSSR count). The Kier molecular flexibility index (Phi) is 2.94. The molecule has 0 radical (unpaired) electrons. The molecule has 0 aliphatic rings. The van der Waals surface area contributed by atoms with Crippen molar-refractivity contribution in [1.29, 1.82) is 5.26 Å². The van der Waals surface area contributed by atoms with E-state index in [1.807, 2.05) is 42.5 Å². The van der Waals surface area contributed by atoms with Crippen molar-refractivity contribution in [2.24, 2.45) is 0 Å². The van der Waals surface area contributed by atoms with Crippen LogP contribution in [0.3, 0.4) is 0 Å². The Labute approximate surface area is 116 Å². The molecule has 0 aliphatic heterocycles. The Morgan fingerprint density at radius 1 is 1.05 bits per heavy atom. The Morgan fingerprint density at radius 2 is 1.90 bits per heavy atom. The van der Waals surface area contributed by atoms with Crippen molar-refractivity contribution in [2.75, 3.05) is 11.1 Å². The first kappa shape index (κ1) is 12.0. The molecule has 3 aromatic rings. The van der Waals surface area contributed by atoms with Crippen LogP contribution in [0.1, 0.15) is 5.56 Å². The smallest absolute Gasteiger partial charge is 0.101 e. The molecule has 0 unspecified atom stereocenters. The van der Waals surface area contributed by atoms with E-state index in [1.54, 1.807) is 12.3 Å². The lowest BCUT2D eigenvalue weighted by atomic mass is 10.1. The average molecular weight is 260 g/mol. The molecule has 1 aromatic heterocycles. The Morgan fingerprint density at radius 3 is 2.75 bits per heavy atom. The number of hydrogen-bond donors (Lipinski definition) is 2. The molecule has 0 saturated carbocycles. The molecule has 0 amide bonds. The van der Waals surface area contributed by atoms with Gasteiger partial charge < -0.3 is 11.1 Å². The Bertz CT molecular complexity index is 818. The fourth-order valence-electron chi connectivity index (χ4n) is 2.11. The molecule has 4 nitrogen and oxygen atoms in total. The Hall–Kier alpha value is -3.06. The first-order valence-corrected chi connectivity index (χ1v) is 6.18. The fraction of sp³-hybridized carbons (Fsp3) is 0. The second kappa shape index (κ2) is 4.90. The first-order valence-electron chi connectivity index (χ1n) is 6.18. The van der Waals surface area contributed by atoms with Gasteiger partial charge >= 0.3 is 0 Å². The van der Waals surface area contributed by atoms with E-state index in [0.717, 1.165) is 22.3 Å². The van der Waals surface area contributed by atoms with Crippen molar-refractivity contribution in [3.63, 3.8) is 0 Å². The minimum absolute atomic E-state index is 0.605. The van der Waals surface area contributed by atoms with Crippen LogP contribution >= 0.6 is 0 Å². The number of anilines is 3. The number of benzene rings is 2. The van der Waals surface area contributed by atoms with Gasteiger partial charge in [-0.05, 0) is 36.4 Å². The highest BCUT2D eigenvalue weighted by Gasteiger charge is 2.05. The summed E-state index contributed by atoms with van der Waals surface area (Å²) in [4.78, 5) is 4.30. The highest BCUT2D eigenvalue weighted by atomic mass is 14.9. The quantitative estimate of drug-likeness (QED) is 0.692. The lowest BCUT2D eigenvalue weighted by Gasteiger charge is -2.10. The van der Waals surface area contributed by atoms with Crippen molar-refractivity contribution in [1.82, 2.24) is 4.98 Å². The molecule has 0 saturated heterocycles. The Balaban J connectivity index is 2.10. The van der Waals surface area contributed by atoms with Crippen LogP contribution in [0.15, 0.2) is 54.7 Å². The molecule has 2 aromatic carbocycles. The lowest BCUT2D eigenvalue weighted by molar-refractivity contribution is 1.40. The third kappa shape index (κ3) is 2.13. The topological polar surface area (TPSA) is 74.7 Å². The van der Waals surface area contributed by atoms with E-state index in [4.69, 9.17) is 11.0 Å². The highest BCUT2D eigenvalue weighted by Crippen LogP contribution is 2.27. The zero-order valence-electron chi connectivity index (χ0n) is 10.7. The molecule has 0 aliphatic carbocycles. The summed E-state index contributed by atoms with van der Waals surface area (Å²) in [7, 11) is 0. The van der Waals surface area contributed by atoms with Gasteiger partial charge in [0.05, 0.1) is 16.8 Å².